The lowest BCUT2D eigenvalue weighted by Crippen LogP contribution is -2.51. The van der Waals surface area contributed by atoms with Crippen LogP contribution in [0.25, 0.3) is 0 Å². The number of nitrogens with one attached hydrogen (secondary N) is 2. The largest absolute Gasteiger partial charge is 0.394 e. The molecule has 3 atom stereocenters. The third-order valence-corrected chi connectivity index (χ3v) is 5.90. The third-order valence-electron chi connectivity index (χ3n) is 4.53. The number of hydrogen-bond acceptors (Lipinski definition) is 6. The van der Waals surface area contributed by atoms with Crippen molar-refractivity contribution in [2.45, 2.75) is 42.5 Å². The molecule has 0 unspecified atom stereocenters. The van der Waals surface area contributed by atoms with Crippen molar-refractivity contribution in [3.63, 3.8) is 0 Å². The normalized spacial score (nSPS) is 22.7. The lowest BCUT2D eigenvalue weighted by Gasteiger charge is -2.35. The molecule has 1 aromatic carbocycles. The Morgan fingerprint density at radius 1 is 1.32 bits per heavy atom. The second-order valence-corrected chi connectivity index (χ2v) is 8.44. The van der Waals surface area contributed by atoms with Crippen molar-refractivity contribution in [3.05, 3.63) is 42.9 Å². The summed E-state index contributed by atoms with van der Waals surface area (Å²) in [7, 11) is -2.14. The van der Waals surface area contributed by atoms with E-state index in [9.17, 15) is 18.3 Å². The number of para-hydroxylation sites is 1. The molecule has 3 N–H and O–H groups in total. The van der Waals surface area contributed by atoms with Crippen molar-refractivity contribution in [2.75, 3.05) is 11.9 Å². The molecule has 1 aromatic heterocycles. The van der Waals surface area contributed by atoms with E-state index in [1.165, 1.54) is 17.1 Å². The second kappa shape index (κ2) is 8.82. The summed E-state index contributed by atoms with van der Waals surface area (Å²) in [5.74, 6) is -0.194. The van der Waals surface area contributed by atoms with Crippen LogP contribution in [-0.4, -0.2) is 53.8 Å². The Hall–Kier alpha value is -2.27. The summed E-state index contributed by atoms with van der Waals surface area (Å²) in [4.78, 5) is 16.1. The predicted molar refractivity (Wildman–Crippen MR) is 102 cm³/mol. The number of hydrogen-bond donors (Lipinski definition) is 3. The highest BCUT2D eigenvalue weighted by Gasteiger charge is 2.35. The maximum atomic E-state index is 12.4. The number of aryl methyl sites for hydroxylation is 1. The number of nitrogens with zero attached hydrogens (tertiary/aromatic N) is 2. The van der Waals surface area contributed by atoms with Gasteiger partial charge in [-0.05, 0) is 25.0 Å². The lowest BCUT2D eigenvalue weighted by molar-refractivity contribution is -0.126. The van der Waals surface area contributed by atoms with Gasteiger partial charge in [-0.15, -0.1) is 0 Å². The van der Waals surface area contributed by atoms with E-state index in [2.05, 4.69) is 15.0 Å². The van der Waals surface area contributed by atoms with Crippen LogP contribution in [0, 0.1) is 0 Å². The molecule has 152 valence electrons. The molecular formula is C18H24N4O5S. The van der Waals surface area contributed by atoms with Crippen LogP contribution in [0.2, 0.25) is 0 Å². The van der Waals surface area contributed by atoms with E-state index in [1.807, 2.05) is 18.2 Å². The van der Waals surface area contributed by atoms with Crippen LogP contribution in [0.15, 0.2) is 47.9 Å². The first kappa shape index (κ1) is 20.5. The molecular weight excluding hydrogens is 384 g/mol. The molecule has 10 heteroatoms. The van der Waals surface area contributed by atoms with Gasteiger partial charge in [0.1, 0.15) is 0 Å². The molecule has 0 aliphatic carbocycles. The molecule has 1 fully saturated rings. The molecule has 1 aliphatic rings. The molecule has 0 saturated carbocycles. The molecule has 9 nitrogen and oxygen atoms in total. The summed E-state index contributed by atoms with van der Waals surface area (Å²) in [6.07, 6.45) is 2.74. The van der Waals surface area contributed by atoms with Gasteiger partial charge in [0.15, 0.2) is 5.03 Å². The highest BCUT2D eigenvalue weighted by molar-refractivity contribution is 7.89. The minimum atomic E-state index is -3.82. The first-order chi connectivity index (χ1) is 13.4. The number of imidazole rings is 1. The third kappa shape index (κ3) is 5.16. The fourth-order valence-electron chi connectivity index (χ4n) is 3.14. The first-order valence-electron chi connectivity index (χ1n) is 8.99. The number of sulfonamides is 1. The second-order valence-electron chi connectivity index (χ2n) is 6.78. The van der Waals surface area contributed by atoms with Crippen molar-refractivity contribution in [1.82, 2.24) is 14.3 Å². The Kier molecular flexibility index (Phi) is 6.45. The topological polar surface area (TPSA) is 123 Å². The van der Waals surface area contributed by atoms with Crippen LogP contribution in [0.1, 0.15) is 19.3 Å². The Bertz CT molecular complexity index is 900. The van der Waals surface area contributed by atoms with Gasteiger partial charge in [-0.25, -0.2) is 18.1 Å². The number of carbonyl (C=O) groups excluding carboxylic acids is 1. The molecule has 1 amide bonds. The molecule has 0 radical (unpaired) electrons. The number of ether oxygens (including phenoxy) is 1. The van der Waals surface area contributed by atoms with Gasteiger partial charge in [-0.2, -0.15) is 0 Å². The maximum absolute atomic E-state index is 12.4. The van der Waals surface area contributed by atoms with Crippen LogP contribution in [0.3, 0.4) is 0 Å². The summed E-state index contributed by atoms with van der Waals surface area (Å²) in [5.41, 5.74) is 0.697. The zero-order valence-electron chi connectivity index (χ0n) is 15.5. The van der Waals surface area contributed by atoms with Crippen molar-refractivity contribution in [1.29, 1.82) is 0 Å². The highest BCUT2D eigenvalue weighted by atomic mass is 32.2. The van der Waals surface area contributed by atoms with Crippen molar-refractivity contribution in [2.24, 2.45) is 7.05 Å². The summed E-state index contributed by atoms with van der Waals surface area (Å²) < 4.78 is 34.8. The maximum Gasteiger partial charge on any atom is 0.259 e. The fraction of sp³-hybridized carbons (Fsp3) is 0.444. The zero-order valence-corrected chi connectivity index (χ0v) is 16.3. The summed E-state index contributed by atoms with van der Waals surface area (Å²) in [6, 6.07) is 8.50. The van der Waals surface area contributed by atoms with Gasteiger partial charge >= 0.3 is 0 Å². The predicted octanol–water partition coefficient (Wildman–Crippen LogP) is 0.636. The molecule has 3 rings (SSSR count). The van der Waals surface area contributed by atoms with Gasteiger partial charge in [0.2, 0.25) is 5.91 Å². The minimum Gasteiger partial charge on any atom is -0.394 e. The fourth-order valence-corrected chi connectivity index (χ4v) is 4.42. The number of carbonyl (C=O) groups is 1. The molecule has 2 aromatic rings. The van der Waals surface area contributed by atoms with E-state index in [-0.39, 0.29) is 24.0 Å². The SMILES string of the molecule is Cn1cnc(S(=O)(=O)N[C@H]2CC[C@H](CC(=O)Nc3ccccc3)O[C@@H]2CO)c1. The number of amides is 1. The van der Waals surface area contributed by atoms with E-state index in [1.54, 1.807) is 19.2 Å². The first-order valence-corrected chi connectivity index (χ1v) is 10.5. The zero-order chi connectivity index (χ0) is 20.1. The van der Waals surface area contributed by atoms with Gasteiger partial charge in [0, 0.05) is 18.9 Å². The standard InChI is InChI=1S/C18H24N4O5S/c1-22-10-18(19-12-22)28(25,26)21-15-8-7-14(27-16(15)11-23)9-17(24)20-13-5-3-2-4-6-13/h2-6,10,12,14-16,21,23H,7-9,11H2,1H3,(H,20,24)/t14-,15+,16-/m1/s1. The Balaban J connectivity index is 1.56. The van der Waals surface area contributed by atoms with Gasteiger partial charge in [-0.3, -0.25) is 4.79 Å². The van der Waals surface area contributed by atoms with Gasteiger partial charge in [0.25, 0.3) is 10.0 Å². The summed E-state index contributed by atoms with van der Waals surface area (Å²) >= 11 is 0. The molecule has 0 bridgehead atoms. The molecule has 1 saturated heterocycles. The Morgan fingerprint density at radius 3 is 2.71 bits per heavy atom. The molecule has 0 spiro atoms. The Labute approximate surface area is 163 Å². The van der Waals surface area contributed by atoms with Crippen LogP contribution >= 0.6 is 0 Å². The number of aliphatic hydroxyl groups is 1. The van der Waals surface area contributed by atoms with Gasteiger partial charge in [0.05, 0.1) is 37.6 Å². The van der Waals surface area contributed by atoms with Crippen molar-refractivity contribution < 1.29 is 23.1 Å². The van der Waals surface area contributed by atoms with Crippen LogP contribution < -0.4 is 10.0 Å². The van der Waals surface area contributed by atoms with Crippen LogP contribution in [-0.2, 0) is 26.6 Å². The number of anilines is 1. The van der Waals surface area contributed by atoms with E-state index >= 15 is 0 Å². The summed E-state index contributed by atoms with van der Waals surface area (Å²) in [6.45, 7) is -0.355. The molecule has 28 heavy (non-hydrogen) atoms. The highest BCUT2D eigenvalue weighted by Crippen LogP contribution is 2.23. The van der Waals surface area contributed by atoms with E-state index < -0.39 is 28.3 Å². The number of aliphatic hydroxyl groups excluding tert-OH is 1. The number of benzene rings is 1. The van der Waals surface area contributed by atoms with Crippen LogP contribution in [0.4, 0.5) is 5.69 Å². The summed E-state index contributed by atoms with van der Waals surface area (Å²) in [5, 5.41) is 12.3. The van der Waals surface area contributed by atoms with E-state index in [4.69, 9.17) is 4.74 Å². The van der Waals surface area contributed by atoms with Crippen LogP contribution in [0.5, 0.6) is 0 Å². The smallest absolute Gasteiger partial charge is 0.259 e. The van der Waals surface area contributed by atoms with Gasteiger partial charge in [-0.1, -0.05) is 18.2 Å². The minimum absolute atomic E-state index is 0.0870. The average Bonchev–Trinajstić information content (AvgIpc) is 3.11. The van der Waals surface area contributed by atoms with Crippen molar-refractivity contribution >= 4 is 21.6 Å². The molecule has 2 heterocycles. The molecule has 1 aliphatic heterocycles. The number of aromatic nitrogens is 2. The van der Waals surface area contributed by atoms with E-state index in [0.717, 1.165) is 0 Å². The number of rotatable bonds is 7. The van der Waals surface area contributed by atoms with Crippen molar-refractivity contribution in [3.8, 4) is 0 Å². The quantitative estimate of drug-likeness (QED) is 0.618. The van der Waals surface area contributed by atoms with E-state index in [0.29, 0.717) is 18.5 Å². The average molecular weight is 408 g/mol. The van der Waals surface area contributed by atoms with Gasteiger partial charge < -0.3 is 19.7 Å². The lowest BCUT2D eigenvalue weighted by atomic mass is 9.98. The monoisotopic (exact) mass is 408 g/mol. The Morgan fingerprint density at radius 2 is 2.07 bits per heavy atom.